The molecule has 7 nitrogen and oxygen atoms in total. The Morgan fingerprint density at radius 2 is 1.78 bits per heavy atom. The van der Waals surface area contributed by atoms with E-state index in [0.29, 0.717) is 6.61 Å². The predicted octanol–water partition coefficient (Wildman–Crippen LogP) is 7.01. The molecule has 0 aliphatic carbocycles. The lowest BCUT2D eigenvalue weighted by Gasteiger charge is -2.08. The van der Waals surface area contributed by atoms with Gasteiger partial charge in [0.05, 0.1) is 29.9 Å². The summed E-state index contributed by atoms with van der Waals surface area (Å²) in [6, 6.07) is 24.4. The van der Waals surface area contributed by atoms with Gasteiger partial charge in [0.1, 0.15) is 23.7 Å². The molecule has 0 radical (unpaired) electrons. The first-order chi connectivity index (χ1) is 18.3. The number of hydrogen-bond acceptors (Lipinski definition) is 5. The number of ether oxygens (including phenoxy) is 1. The van der Waals surface area contributed by atoms with Gasteiger partial charge in [-0.1, -0.05) is 36.4 Å². The van der Waals surface area contributed by atoms with Crippen molar-refractivity contribution in [2.45, 2.75) is 6.61 Å². The summed E-state index contributed by atoms with van der Waals surface area (Å²) in [7, 11) is 0. The van der Waals surface area contributed by atoms with Gasteiger partial charge in [0.15, 0.2) is 0 Å². The second kappa shape index (κ2) is 8.80. The SMILES string of the molecule is c1ccc(COc2cncc(-c3ccc4[nH]nc(-c5cc6c(-c7ccoc7)ccnc6[nH]5)c4c3)c2)cc1. The van der Waals surface area contributed by atoms with E-state index in [0.717, 1.165) is 66.9 Å². The fourth-order valence-corrected chi connectivity index (χ4v) is 4.62. The van der Waals surface area contributed by atoms with E-state index >= 15 is 0 Å². The van der Waals surface area contributed by atoms with Gasteiger partial charge in [0, 0.05) is 34.3 Å². The summed E-state index contributed by atoms with van der Waals surface area (Å²) in [5.74, 6) is 0.724. The Labute approximate surface area is 211 Å². The summed E-state index contributed by atoms with van der Waals surface area (Å²) >= 11 is 0. The molecule has 0 bridgehead atoms. The molecule has 0 atom stereocenters. The molecule has 7 heteroatoms. The zero-order valence-electron chi connectivity index (χ0n) is 19.7. The molecule has 7 rings (SSSR count). The molecule has 2 aromatic carbocycles. The van der Waals surface area contributed by atoms with Crippen molar-refractivity contribution in [2.24, 2.45) is 0 Å². The van der Waals surface area contributed by atoms with Crippen LogP contribution in [0.25, 0.3) is 55.6 Å². The van der Waals surface area contributed by atoms with Crippen LogP contribution in [0.1, 0.15) is 5.56 Å². The van der Waals surface area contributed by atoms with E-state index < -0.39 is 0 Å². The van der Waals surface area contributed by atoms with E-state index in [2.05, 4.69) is 43.3 Å². The Morgan fingerprint density at radius 3 is 2.68 bits per heavy atom. The highest BCUT2D eigenvalue weighted by Crippen LogP contribution is 2.35. The molecule has 0 fully saturated rings. The van der Waals surface area contributed by atoms with Crippen LogP contribution in [0.5, 0.6) is 5.75 Å². The molecule has 7 aromatic rings. The van der Waals surface area contributed by atoms with Crippen LogP contribution >= 0.6 is 0 Å². The molecule has 0 aliphatic heterocycles. The second-order valence-corrected chi connectivity index (χ2v) is 8.83. The van der Waals surface area contributed by atoms with Crippen LogP contribution in [0.15, 0.2) is 108 Å². The number of nitrogens with one attached hydrogen (secondary N) is 2. The first-order valence-electron chi connectivity index (χ1n) is 11.9. The van der Waals surface area contributed by atoms with Crippen molar-refractivity contribution >= 4 is 21.9 Å². The Hall–Kier alpha value is -5.17. The Balaban J connectivity index is 1.24. The number of benzene rings is 2. The molecule has 0 saturated heterocycles. The largest absolute Gasteiger partial charge is 0.487 e. The molecule has 0 aliphatic rings. The summed E-state index contributed by atoms with van der Waals surface area (Å²) in [5, 5.41) is 9.80. The van der Waals surface area contributed by atoms with Crippen molar-refractivity contribution in [1.82, 2.24) is 25.1 Å². The lowest BCUT2D eigenvalue weighted by Crippen LogP contribution is -1.95. The van der Waals surface area contributed by atoms with Gasteiger partial charge < -0.3 is 14.1 Å². The first kappa shape index (κ1) is 21.1. The number of pyridine rings is 2. The summed E-state index contributed by atoms with van der Waals surface area (Å²) in [6.07, 6.45) is 8.80. The molecule has 0 unspecified atom stereocenters. The third-order valence-electron chi connectivity index (χ3n) is 6.48. The number of aromatic amines is 2. The van der Waals surface area contributed by atoms with Crippen LogP contribution in [-0.4, -0.2) is 25.1 Å². The highest BCUT2D eigenvalue weighted by Gasteiger charge is 2.15. The molecule has 5 heterocycles. The Morgan fingerprint density at radius 1 is 0.838 bits per heavy atom. The lowest BCUT2D eigenvalue weighted by molar-refractivity contribution is 0.305. The molecular weight excluding hydrogens is 462 g/mol. The van der Waals surface area contributed by atoms with Crippen LogP contribution in [-0.2, 0) is 6.61 Å². The van der Waals surface area contributed by atoms with Gasteiger partial charge in [0.25, 0.3) is 0 Å². The normalized spacial score (nSPS) is 11.4. The van der Waals surface area contributed by atoms with Crippen LogP contribution < -0.4 is 4.74 Å². The van der Waals surface area contributed by atoms with Crippen molar-refractivity contribution in [1.29, 1.82) is 0 Å². The van der Waals surface area contributed by atoms with Crippen molar-refractivity contribution in [3.63, 3.8) is 0 Å². The molecule has 0 saturated carbocycles. The average molecular weight is 484 g/mol. The third-order valence-corrected chi connectivity index (χ3v) is 6.48. The topological polar surface area (TPSA) is 92.6 Å². The highest BCUT2D eigenvalue weighted by molar-refractivity contribution is 6.00. The van der Waals surface area contributed by atoms with E-state index in [-0.39, 0.29) is 0 Å². The first-order valence-corrected chi connectivity index (χ1v) is 11.9. The number of hydrogen-bond donors (Lipinski definition) is 2. The maximum absolute atomic E-state index is 6.00. The standard InChI is InChI=1S/C30H21N5O2/c1-2-4-19(5-3-1)17-37-23-12-22(15-31-16-23)20-6-7-27-26(13-20)29(35-34-27)28-14-25-24(21-9-11-36-18-21)8-10-32-30(25)33-28/h1-16,18H,17H2,(H,32,33)(H,34,35). The lowest BCUT2D eigenvalue weighted by atomic mass is 10.0. The van der Waals surface area contributed by atoms with Gasteiger partial charge in [-0.15, -0.1) is 0 Å². The zero-order valence-corrected chi connectivity index (χ0v) is 19.7. The van der Waals surface area contributed by atoms with Crippen LogP contribution in [0.2, 0.25) is 0 Å². The summed E-state index contributed by atoms with van der Waals surface area (Å²) in [5.41, 5.74) is 8.65. The predicted molar refractivity (Wildman–Crippen MR) is 143 cm³/mol. The molecule has 2 N–H and O–H groups in total. The van der Waals surface area contributed by atoms with Gasteiger partial charge in [-0.3, -0.25) is 10.1 Å². The van der Waals surface area contributed by atoms with Crippen LogP contribution in [0, 0.1) is 0 Å². The minimum Gasteiger partial charge on any atom is -0.487 e. The number of rotatable bonds is 6. The molecule has 5 aromatic heterocycles. The number of aromatic nitrogens is 5. The Kier molecular flexibility index (Phi) is 5.03. The number of H-pyrrole nitrogens is 2. The highest BCUT2D eigenvalue weighted by atomic mass is 16.5. The summed E-state index contributed by atoms with van der Waals surface area (Å²) in [4.78, 5) is 12.4. The monoisotopic (exact) mass is 483 g/mol. The number of furan rings is 1. The fraction of sp³-hybridized carbons (Fsp3) is 0.0333. The van der Waals surface area contributed by atoms with Crippen molar-refractivity contribution in [3.8, 4) is 39.4 Å². The molecule has 0 amide bonds. The third kappa shape index (κ3) is 3.92. The van der Waals surface area contributed by atoms with Gasteiger partial charge >= 0.3 is 0 Å². The van der Waals surface area contributed by atoms with E-state index in [1.54, 1.807) is 24.9 Å². The molecule has 178 valence electrons. The maximum atomic E-state index is 6.00. The van der Waals surface area contributed by atoms with Crippen molar-refractivity contribution in [2.75, 3.05) is 0 Å². The van der Waals surface area contributed by atoms with E-state index in [4.69, 9.17) is 9.15 Å². The second-order valence-electron chi connectivity index (χ2n) is 8.83. The van der Waals surface area contributed by atoms with E-state index in [9.17, 15) is 0 Å². The van der Waals surface area contributed by atoms with Gasteiger partial charge in [0.2, 0.25) is 0 Å². The van der Waals surface area contributed by atoms with Gasteiger partial charge in [-0.25, -0.2) is 4.98 Å². The Bertz CT molecular complexity index is 1840. The van der Waals surface area contributed by atoms with Gasteiger partial charge in [-0.05, 0) is 53.1 Å². The summed E-state index contributed by atoms with van der Waals surface area (Å²) < 4.78 is 11.3. The van der Waals surface area contributed by atoms with Gasteiger partial charge in [-0.2, -0.15) is 5.10 Å². The van der Waals surface area contributed by atoms with E-state index in [1.807, 2.05) is 60.8 Å². The fourth-order valence-electron chi connectivity index (χ4n) is 4.62. The van der Waals surface area contributed by atoms with E-state index in [1.165, 1.54) is 0 Å². The minimum absolute atomic E-state index is 0.492. The molecule has 37 heavy (non-hydrogen) atoms. The number of nitrogens with zero attached hydrogens (tertiary/aromatic N) is 3. The minimum atomic E-state index is 0.492. The smallest absolute Gasteiger partial charge is 0.138 e. The van der Waals surface area contributed by atoms with Crippen LogP contribution in [0.3, 0.4) is 0 Å². The molecule has 0 spiro atoms. The summed E-state index contributed by atoms with van der Waals surface area (Å²) in [6.45, 7) is 0.492. The average Bonchev–Trinajstić information content (AvgIpc) is 3.71. The van der Waals surface area contributed by atoms with Crippen molar-refractivity contribution < 1.29 is 9.15 Å². The number of fused-ring (bicyclic) bond motifs is 2. The van der Waals surface area contributed by atoms with Crippen LogP contribution in [0.4, 0.5) is 0 Å². The van der Waals surface area contributed by atoms with Crippen molar-refractivity contribution in [3.05, 3.63) is 109 Å². The zero-order chi connectivity index (χ0) is 24.6. The molecular formula is C30H21N5O2. The maximum Gasteiger partial charge on any atom is 0.138 e. The quantitative estimate of drug-likeness (QED) is 0.265.